The number of methoxy groups -OCH3 is 1. The van der Waals surface area contributed by atoms with Crippen LogP contribution in [0.25, 0.3) is 0 Å². The monoisotopic (exact) mass is 453 g/mol. The van der Waals surface area contributed by atoms with Gasteiger partial charge in [0.05, 0.1) is 23.3 Å². The van der Waals surface area contributed by atoms with Gasteiger partial charge in [-0.2, -0.15) is 0 Å². The van der Waals surface area contributed by atoms with Crippen molar-refractivity contribution in [2.24, 2.45) is 0 Å². The van der Waals surface area contributed by atoms with Gasteiger partial charge in [-0.15, -0.1) is 0 Å². The first-order valence-corrected chi connectivity index (χ1v) is 11.6. The van der Waals surface area contributed by atoms with Crippen LogP contribution in [0, 0.1) is 0 Å². The molecule has 0 unspecified atom stereocenters. The maximum Gasteiger partial charge on any atom is 0.338 e. The molecule has 7 nitrogen and oxygen atoms in total. The molecule has 0 fully saturated rings. The van der Waals surface area contributed by atoms with E-state index in [1.54, 1.807) is 43.5 Å². The van der Waals surface area contributed by atoms with E-state index in [9.17, 15) is 13.2 Å². The number of esters is 1. The van der Waals surface area contributed by atoms with Gasteiger partial charge in [-0.1, -0.05) is 24.3 Å². The number of sulfonamides is 1. The first-order valence-electron chi connectivity index (χ1n) is 10.1. The Morgan fingerprint density at radius 2 is 1.69 bits per heavy atom. The summed E-state index contributed by atoms with van der Waals surface area (Å²) < 4.78 is 43.6. The van der Waals surface area contributed by atoms with E-state index in [0.717, 1.165) is 11.3 Å². The smallest absolute Gasteiger partial charge is 0.338 e. The van der Waals surface area contributed by atoms with Crippen LogP contribution in [-0.4, -0.2) is 41.3 Å². The van der Waals surface area contributed by atoms with Gasteiger partial charge < -0.3 is 14.2 Å². The molecule has 4 rings (SSSR count). The molecule has 0 saturated heterocycles. The first kappa shape index (κ1) is 21.7. The zero-order valence-electron chi connectivity index (χ0n) is 17.6. The zero-order chi connectivity index (χ0) is 22.6. The average Bonchev–Trinajstić information content (AvgIpc) is 3.27. The van der Waals surface area contributed by atoms with Crippen molar-refractivity contribution in [1.82, 2.24) is 0 Å². The van der Waals surface area contributed by atoms with Gasteiger partial charge in [0.1, 0.15) is 24.7 Å². The zero-order valence-corrected chi connectivity index (χ0v) is 18.4. The molecule has 1 aliphatic rings. The molecule has 3 aromatic rings. The number of nitrogens with zero attached hydrogens (tertiary/aromatic N) is 1. The Balaban J connectivity index is 1.38. The van der Waals surface area contributed by atoms with Crippen LogP contribution in [-0.2, 0) is 21.2 Å². The molecule has 0 radical (unpaired) electrons. The maximum absolute atomic E-state index is 13.2. The number of carbonyl (C=O) groups is 1. The van der Waals surface area contributed by atoms with E-state index in [0.29, 0.717) is 24.4 Å². The van der Waals surface area contributed by atoms with Crippen molar-refractivity contribution in [3.05, 3.63) is 83.9 Å². The molecule has 0 N–H and O–H groups in total. The number of anilines is 1. The fourth-order valence-corrected chi connectivity index (χ4v) is 5.07. The number of para-hydroxylation sites is 1. The number of carbonyl (C=O) groups excluding carboxylic acids is 1. The van der Waals surface area contributed by atoms with Gasteiger partial charge in [-0.05, 0) is 60.5 Å². The first-order chi connectivity index (χ1) is 15.5. The van der Waals surface area contributed by atoms with Crippen molar-refractivity contribution in [2.75, 3.05) is 31.2 Å². The van der Waals surface area contributed by atoms with Crippen LogP contribution in [0.15, 0.2) is 77.7 Å². The van der Waals surface area contributed by atoms with Gasteiger partial charge in [-0.3, -0.25) is 4.31 Å². The van der Waals surface area contributed by atoms with Gasteiger partial charge in [-0.25, -0.2) is 13.2 Å². The van der Waals surface area contributed by atoms with Crippen LogP contribution in [0.3, 0.4) is 0 Å². The van der Waals surface area contributed by atoms with Crippen LogP contribution in [0.4, 0.5) is 5.69 Å². The van der Waals surface area contributed by atoms with Crippen molar-refractivity contribution < 1.29 is 27.4 Å². The molecular formula is C24H23NO6S. The Labute approximate surface area is 187 Å². The Hall–Kier alpha value is -3.52. The molecule has 166 valence electrons. The number of rotatable bonds is 8. The predicted octanol–water partition coefficient (Wildman–Crippen LogP) is 3.68. The average molecular weight is 454 g/mol. The molecule has 0 amide bonds. The summed E-state index contributed by atoms with van der Waals surface area (Å²) in [5, 5.41) is 0. The number of hydrogen-bond donors (Lipinski definition) is 0. The summed E-state index contributed by atoms with van der Waals surface area (Å²) in [6, 6.07) is 20.4. The number of ether oxygens (including phenoxy) is 3. The lowest BCUT2D eigenvalue weighted by molar-refractivity contribution is 0.0450. The topological polar surface area (TPSA) is 82.1 Å². The fourth-order valence-electron chi connectivity index (χ4n) is 3.52. The van der Waals surface area contributed by atoms with Gasteiger partial charge >= 0.3 is 5.97 Å². The van der Waals surface area contributed by atoms with Gasteiger partial charge in [0, 0.05) is 6.54 Å². The SMILES string of the molecule is COc1ccc(OCCOC(=O)c2cccc(S(=O)(=O)N3CCc4ccccc43)c2)cc1. The number of hydrogen-bond acceptors (Lipinski definition) is 6. The molecule has 3 aromatic carbocycles. The molecule has 0 spiro atoms. The lowest BCUT2D eigenvalue weighted by Gasteiger charge is -2.19. The summed E-state index contributed by atoms with van der Waals surface area (Å²) in [5.41, 5.74) is 1.84. The summed E-state index contributed by atoms with van der Waals surface area (Å²) in [7, 11) is -2.20. The Bertz CT molecular complexity index is 1210. The summed E-state index contributed by atoms with van der Waals surface area (Å²) in [5.74, 6) is 0.735. The highest BCUT2D eigenvalue weighted by Crippen LogP contribution is 2.32. The fraction of sp³-hybridized carbons (Fsp3) is 0.208. The van der Waals surface area contributed by atoms with Gasteiger partial charge in [0.2, 0.25) is 0 Å². The van der Waals surface area contributed by atoms with Crippen molar-refractivity contribution in [3.63, 3.8) is 0 Å². The lowest BCUT2D eigenvalue weighted by atomic mass is 10.2. The van der Waals surface area contributed by atoms with E-state index < -0.39 is 16.0 Å². The Kier molecular flexibility index (Phi) is 6.32. The van der Waals surface area contributed by atoms with Crippen molar-refractivity contribution in [2.45, 2.75) is 11.3 Å². The summed E-state index contributed by atoms with van der Waals surface area (Å²) >= 11 is 0. The normalized spacial score (nSPS) is 12.8. The van der Waals surface area contributed by atoms with Crippen LogP contribution < -0.4 is 13.8 Å². The summed E-state index contributed by atoms with van der Waals surface area (Å²) in [4.78, 5) is 12.5. The van der Waals surface area contributed by atoms with E-state index >= 15 is 0 Å². The van der Waals surface area contributed by atoms with Crippen molar-refractivity contribution >= 4 is 21.7 Å². The highest BCUT2D eigenvalue weighted by Gasteiger charge is 2.31. The van der Waals surface area contributed by atoms with Crippen LogP contribution in [0.5, 0.6) is 11.5 Å². The van der Waals surface area contributed by atoms with E-state index in [4.69, 9.17) is 14.2 Å². The second-order valence-electron chi connectivity index (χ2n) is 7.14. The molecule has 32 heavy (non-hydrogen) atoms. The van der Waals surface area contributed by atoms with Crippen LogP contribution in [0.2, 0.25) is 0 Å². The highest BCUT2D eigenvalue weighted by atomic mass is 32.2. The van der Waals surface area contributed by atoms with Crippen LogP contribution in [0.1, 0.15) is 15.9 Å². The largest absolute Gasteiger partial charge is 0.497 e. The molecule has 0 atom stereocenters. The van der Waals surface area contributed by atoms with E-state index in [1.807, 2.05) is 18.2 Å². The highest BCUT2D eigenvalue weighted by molar-refractivity contribution is 7.92. The third kappa shape index (κ3) is 4.55. The van der Waals surface area contributed by atoms with E-state index in [2.05, 4.69) is 0 Å². The summed E-state index contributed by atoms with van der Waals surface area (Å²) in [6.45, 7) is 0.570. The van der Waals surface area contributed by atoms with Crippen molar-refractivity contribution in [1.29, 1.82) is 0 Å². The number of benzene rings is 3. The Morgan fingerprint density at radius 1 is 0.938 bits per heavy atom. The molecule has 0 saturated carbocycles. The molecule has 8 heteroatoms. The van der Waals surface area contributed by atoms with Crippen LogP contribution >= 0.6 is 0 Å². The quantitative estimate of drug-likeness (QED) is 0.382. The molecule has 0 aromatic heterocycles. The maximum atomic E-state index is 13.2. The third-order valence-corrected chi connectivity index (χ3v) is 6.96. The molecule has 0 aliphatic carbocycles. The molecule has 1 heterocycles. The minimum absolute atomic E-state index is 0.0291. The summed E-state index contributed by atoms with van der Waals surface area (Å²) in [6.07, 6.45) is 0.658. The lowest BCUT2D eigenvalue weighted by Crippen LogP contribution is -2.29. The number of fused-ring (bicyclic) bond motifs is 1. The van der Waals surface area contributed by atoms with Gasteiger partial charge in [0.25, 0.3) is 10.0 Å². The van der Waals surface area contributed by atoms with Crippen molar-refractivity contribution in [3.8, 4) is 11.5 Å². The Morgan fingerprint density at radius 3 is 2.47 bits per heavy atom. The van der Waals surface area contributed by atoms with E-state index in [-0.39, 0.29) is 23.7 Å². The van der Waals surface area contributed by atoms with E-state index in [1.165, 1.54) is 22.5 Å². The predicted molar refractivity (Wildman–Crippen MR) is 120 cm³/mol. The molecular weight excluding hydrogens is 430 g/mol. The third-order valence-electron chi connectivity index (χ3n) is 5.15. The minimum atomic E-state index is -3.78. The van der Waals surface area contributed by atoms with Gasteiger partial charge in [0.15, 0.2) is 0 Å². The molecule has 0 bridgehead atoms. The minimum Gasteiger partial charge on any atom is -0.497 e. The molecule has 1 aliphatic heterocycles. The standard InChI is InChI=1S/C24H23NO6S/c1-29-20-9-11-21(12-10-20)30-15-16-31-24(26)19-6-4-7-22(17-19)32(27,28)25-14-13-18-5-2-3-8-23(18)25/h2-12,17H,13-16H2,1H3. The second-order valence-corrected chi connectivity index (χ2v) is 9.01. The second kappa shape index (κ2) is 9.32.